The van der Waals surface area contributed by atoms with Gasteiger partial charge < -0.3 is 30.3 Å². The molecule has 1 aliphatic rings. The normalized spacial score (nSPS) is 16.1. The van der Waals surface area contributed by atoms with E-state index in [9.17, 15) is 39.0 Å². The first kappa shape index (κ1) is 48.0. The number of urea groups is 1. The van der Waals surface area contributed by atoms with Crippen LogP contribution in [0.1, 0.15) is 70.5 Å². The lowest BCUT2D eigenvalue weighted by Gasteiger charge is -2.39. The molecule has 1 aliphatic heterocycles. The Hall–Kier alpha value is -4.70. The minimum absolute atomic E-state index is 0.0143. The van der Waals surface area contributed by atoms with Crippen LogP contribution in [0.2, 0.25) is 0 Å². The lowest BCUT2D eigenvalue weighted by Crippen LogP contribution is -2.59. The number of amides is 5. The fraction of sp³-hybridized carbons (Fsp3) is 0.512. The smallest absolute Gasteiger partial charge is 0.465 e. The van der Waals surface area contributed by atoms with Crippen LogP contribution >= 0.6 is 8.17 Å². The number of hydrogen-bond donors (Lipinski definition) is 6. The van der Waals surface area contributed by atoms with Gasteiger partial charge in [-0.3, -0.25) is 19.5 Å². The summed E-state index contributed by atoms with van der Waals surface area (Å²) in [7, 11) is -3.43. The molecule has 0 spiro atoms. The number of carbonyl (C=O) groups is 4. The van der Waals surface area contributed by atoms with Crippen molar-refractivity contribution in [1.29, 1.82) is 0 Å². The predicted octanol–water partition coefficient (Wildman–Crippen LogP) is 4.93. The first-order chi connectivity index (χ1) is 28.0. The Morgan fingerprint density at radius 2 is 1.43 bits per heavy atom. The van der Waals surface area contributed by atoms with E-state index in [1.807, 2.05) is 107 Å². The van der Waals surface area contributed by atoms with Crippen LogP contribution in [0.3, 0.4) is 0 Å². The maximum atomic E-state index is 14.7. The van der Waals surface area contributed by atoms with Crippen LogP contribution in [0.5, 0.6) is 0 Å². The molecule has 0 saturated carbocycles. The van der Waals surface area contributed by atoms with Crippen molar-refractivity contribution >= 4 is 32.1 Å². The fourth-order valence-corrected chi connectivity index (χ4v) is 7.93. The highest BCUT2D eigenvalue weighted by Crippen LogP contribution is 2.45. The summed E-state index contributed by atoms with van der Waals surface area (Å²) in [6, 6.07) is 20.3. The molecular weight excluding hydrogens is 791 g/mol. The summed E-state index contributed by atoms with van der Waals surface area (Å²) in [5, 5.41) is 16.2. The first-order valence-corrected chi connectivity index (χ1v) is 21.6. The third-order valence-corrected chi connectivity index (χ3v) is 10.8. The molecule has 0 bridgehead atoms. The maximum absolute atomic E-state index is 14.7. The van der Waals surface area contributed by atoms with Gasteiger partial charge >= 0.3 is 20.3 Å². The highest BCUT2D eigenvalue weighted by Gasteiger charge is 2.45. The highest BCUT2D eigenvalue weighted by atomic mass is 31.2. The Morgan fingerprint density at radius 3 is 1.97 bits per heavy atom. The van der Waals surface area contributed by atoms with Gasteiger partial charge in [-0.1, -0.05) is 108 Å². The summed E-state index contributed by atoms with van der Waals surface area (Å²) in [5.74, 6) is -1.02. The Kier molecular flexibility index (Phi) is 16.6. The van der Waals surface area contributed by atoms with Crippen LogP contribution in [0.15, 0.2) is 78.9 Å². The summed E-state index contributed by atoms with van der Waals surface area (Å²) in [4.78, 5) is 92.9. The predicted molar refractivity (Wildman–Crippen MR) is 227 cm³/mol. The Bertz CT molecular complexity index is 1890. The molecule has 2 heterocycles. The van der Waals surface area contributed by atoms with Crippen molar-refractivity contribution in [2.75, 3.05) is 26.9 Å². The number of ether oxygens (including phenoxy) is 1. The van der Waals surface area contributed by atoms with Crippen molar-refractivity contribution < 1.29 is 48.2 Å². The molecule has 1 saturated heterocycles. The molecule has 5 atom stereocenters. The molecule has 0 unspecified atom stereocenters. The van der Waals surface area contributed by atoms with Crippen molar-refractivity contribution in [2.24, 2.45) is 10.8 Å². The summed E-state index contributed by atoms with van der Waals surface area (Å²) in [6.45, 7) is 13.0. The molecular formula is C43H62N6O10P+. The molecule has 1 fully saturated rings. The molecule has 0 radical (unpaired) electrons. The Labute approximate surface area is 353 Å². The minimum atomic E-state index is -4.75. The third kappa shape index (κ3) is 14.2. The lowest BCUT2D eigenvalue weighted by molar-refractivity contribution is -0.133. The van der Waals surface area contributed by atoms with Gasteiger partial charge in [0.25, 0.3) is 0 Å². The second kappa shape index (κ2) is 20.7. The van der Waals surface area contributed by atoms with Gasteiger partial charge in [0.1, 0.15) is 12.1 Å². The average Bonchev–Trinajstić information content (AvgIpc) is 3.48. The van der Waals surface area contributed by atoms with Gasteiger partial charge in [0.15, 0.2) is 6.79 Å². The summed E-state index contributed by atoms with van der Waals surface area (Å²) >= 11 is 0. The number of rotatable bonds is 19. The van der Waals surface area contributed by atoms with E-state index in [0.29, 0.717) is 26.1 Å². The quantitative estimate of drug-likeness (QED) is 0.0703. The van der Waals surface area contributed by atoms with E-state index in [1.54, 1.807) is 30.6 Å². The third-order valence-electron chi connectivity index (χ3n) is 10.3. The zero-order valence-corrected chi connectivity index (χ0v) is 36.7. The number of carbonyl (C=O) groups excluding carboxylic acids is 3. The average molecular weight is 854 g/mol. The molecule has 2 aromatic carbocycles. The zero-order chi connectivity index (χ0) is 44.4. The molecule has 328 valence electrons. The number of benzene rings is 2. The van der Waals surface area contributed by atoms with Crippen molar-refractivity contribution in [3.05, 3.63) is 101 Å². The summed E-state index contributed by atoms with van der Waals surface area (Å²) < 4.78 is 11.0. The molecule has 60 heavy (non-hydrogen) atoms. The van der Waals surface area contributed by atoms with E-state index in [4.69, 9.17) is 9.26 Å². The van der Waals surface area contributed by atoms with E-state index in [-0.39, 0.29) is 18.9 Å². The Balaban J connectivity index is 1.72. The van der Waals surface area contributed by atoms with E-state index in [2.05, 4.69) is 15.6 Å². The molecule has 5 amide bonds. The number of hydrogen-bond acceptors (Lipinski definition) is 10. The molecule has 1 aromatic heterocycles. The standard InChI is InChI=1S/C43H61N6O10P/c1-29-16-15-21-32(44-29)27-48-22-23-49(40(48)52)37(43(5,6)7)39(51)45-33(24-30-17-11-9-12-18-30)26-35(58-28-59-60(55,56)57)34(25-31-19-13-10-14-20-31)46-38(50)36(42(2,3)4)47(8)41(53)54/h9-21,33-37,55-57H,22-28H2,1-8H3,(H2-,45,46,50,51,53,54)/p+1/t33-,34-,35-,36+,37+/m0/s1. The summed E-state index contributed by atoms with van der Waals surface area (Å²) in [6.07, 6.45) is -1.86. The highest BCUT2D eigenvalue weighted by molar-refractivity contribution is 7.53. The van der Waals surface area contributed by atoms with Gasteiger partial charge in [-0.25, -0.2) is 9.59 Å². The molecule has 6 N–H and O–H groups in total. The number of aromatic nitrogens is 1. The fourth-order valence-electron chi connectivity index (χ4n) is 7.73. The number of nitrogens with zero attached hydrogens (tertiary/aromatic N) is 4. The van der Waals surface area contributed by atoms with Crippen LogP contribution in [0.25, 0.3) is 0 Å². The first-order valence-electron chi connectivity index (χ1n) is 20.0. The lowest BCUT2D eigenvalue weighted by atomic mass is 9.84. The maximum Gasteiger partial charge on any atom is 0.569 e. The molecule has 16 nitrogen and oxygen atoms in total. The SMILES string of the molecule is Cc1cccc(CN2CCN([C@H](C(=O)N[C@@H](Cc3ccccc3)C[C@H](OCO[P+](O)(O)O)[C@H](Cc3ccccc3)NC(=O)[C@@H](N(C)C(=O)O)C(C)(C)C)C(C)(C)C)C2=O)n1. The van der Waals surface area contributed by atoms with Gasteiger partial charge in [-0.15, -0.1) is 4.52 Å². The van der Waals surface area contributed by atoms with Gasteiger partial charge in [0.05, 0.1) is 24.4 Å². The number of nitrogens with one attached hydrogen (secondary N) is 2. The number of likely N-dealkylation sites (N-methyl/N-ethyl adjacent to an activating group) is 1. The van der Waals surface area contributed by atoms with Crippen LogP contribution in [-0.4, -0.2) is 121 Å². The number of aryl methyl sites for hydroxylation is 1. The zero-order valence-electron chi connectivity index (χ0n) is 35.8. The largest absolute Gasteiger partial charge is 0.569 e. The number of pyridine rings is 1. The molecule has 4 rings (SSSR count). The van der Waals surface area contributed by atoms with Crippen LogP contribution in [0, 0.1) is 17.8 Å². The monoisotopic (exact) mass is 853 g/mol. The molecule has 0 aliphatic carbocycles. The van der Waals surface area contributed by atoms with Crippen molar-refractivity contribution in [3.63, 3.8) is 0 Å². The van der Waals surface area contributed by atoms with Gasteiger partial charge in [0.2, 0.25) is 11.8 Å². The topological polar surface area (TPSA) is 214 Å². The second-order valence-corrected chi connectivity index (χ2v) is 18.8. The van der Waals surface area contributed by atoms with Crippen molar-refractivity contribution in [3.8, 4) is 0 Å². The molecule has 3 aromatic rings. The Morgan fingerprint density at radius 1 is 0.833 bits per heavy atom. The van der Waals surface area contributed by atoms with E-state index < -0.39 is 74.0 Å². The van der Waals surface area contributed by atoms with Crippen LogP contribution in [0.4, 0.5) is 9.59 Å². The second-order valence-electron chi connectivity index (χ2n) is 17.5. The van der Waals surface area contributed by atoms with E-state index in [1.165, 1.54) is 7.05 Å². The summed E-state index contributed by atoms with van der Waals surface area (Å²) in [5.41, 5.74) is 1.68. The van der Waals surface area contributed by atoms with E-state index >= 15 is 0 Å². The van der Waals surface area contributed by atoms with Crippen LogP contribution in [-0.2, 0) is 38.2 Å². The van der Waals surface area contributed by atoms with E-state index in [0.717, 1.165) is 27.4 Å². The van der Waals surface area contributed by atoms with Crippen molar-refractivity contribution in [2.45, 2.75) is 105 Å². The van der Waals surface area contributed by atoms with Crippen LogP contribution < -0.4 is 10.6 Å². The number of carboxylic acid groups (broad SMARTS) is 1. The van der Waals surface area contributed by atoms with Gasteiger partial charge in [0, 0.05) is 31.9 Å². The minimum Gasteiger partial charge on any atom is -0.465 e. The molecule has 17 heteroatoms. The van der Waals surface area contributed by atoms with Crippen molar-refractivity contribution in [1.82, 2.24) is 30.3 Å². The van der Waals surface area contributed by atoms with Gasteiger partial charge in [-0.05, 0) is 60.3 Å². The van der Waals surface area contributed by atoms with Gasteiger partial charge in [-0.2, -0.15) is 14.7 Å².